The average Bonchev–Trinajstić information content (AvgIpc) is 3.05. The molecule has 2 N–H and O–H groups in total. The third-order valence-corrected chi connectivity index (χ3v) is 5.80. The number of anilines is 3. The highest BCUT2D eigenvalue weighted by atomic mass is 16.5. The fraction of sp³-hybridized carbons (Fsp3) is 0.167. The zero-order valence-corrected chi connectivity index (χ0v) is 16.7. The smallest absolute Gasteiger partial charge is 0.276 e. The number of fused-ring (bicyclic) bond motifs is 3. The molecule has 0 bridgehead atoms. The fourth-order valence-electron chi connectivity index (χ4n) is 4.31. The molecule has 6 heteroatoms. The lowest BCUT2D eigenvalue weighted by atomic mass is 9.91. The van der Waals surface area contributed by atoms with Gasteiger partial charge in [0.05, 0.1) is 18.4 Å². The Morgan fingerprint density at radius 2 is 1.73 bits per heavy atom. The van der Waals surface area contributed by atoms with Gasteiger partial charge >= 0.3 is 0 Å². The predicted molar refractivity (Wildman–Crippen MR) is 116 cm³/mol. The van der Waals surface area contributed by atoms with Gasteiger partial charge in [-0.3, -0.25) is 14.5 Å². The molecule has 0 fully saturated rings. The van der Waals surface area contributed by atoms with E-state index in [1.807, 2.05) is 48.5 Å². The topological polar surface area (TPSA) is 70.7 Å². The molecule has 0 aliphatic carbocycles. The number of rotatable bonds is 3. The quantitative estimate of drug-likeness (QED) is 0.695. The van der Waals surface area contributed by atoms with Gasteiger partial charge in [0, 0.05) is 16.9 Å². The monoisotopic (exact) mass is 399 g/mol. The van der Waals surface area contributed by atoms with Gasteiger partial charge in [-0.1, -0.05) is 37.3 Å². The van der Waals surface area contributed by atoms with Gasteiger partial charge in [-0.25, -0.2) is 0 Å². The Morgan fingerprint density at radius 1 is 0.967 bits per heavy atom. The SMILES string of the molecule is CCc1ccc2c(c1)C1(Nc3ccccc3C(=O)N1c1ccccc1OC)C(=O)N2. The van der Waals surface area contributed by atoms with Crippen LogP contribution in [0.3, 0.4) is 0 Å². The van der Waals surface area contributed by atoms with Crippen LogP contribution in [-0.2, 0) is 16.9 Å². The number of hydrogen-bond acceptors (Lipinski definition) is 4. The molecule has 5 rings (SSSR count). The van der Waals surface area contributed by atoms with E-state index in [4.69, 9.17) is 4.74 Å². The van der Waals surface area contributed by atoms with E-state index >= 15 is 0 Å². The van der Waals surface area contributed by atoms with Gasteiger partial charge in [-0.2, -0.15) is 0 Å². The van der Waals surface area contributed by atoms with Crippen molar-refractivity contribution in [1.29, 1.82) is 0 Å². The summed E-state index contributed by atoms with van der Waals surface area (Å²) in [5.41, 5.74) is 2.73. The van der Waals surface area contributed by atoms with E-state index in [1.54, 1.807) is 25.3 Å². The highest BCUT2D eigenvalue weighted by molar-refractivity contribution is 6.22. The van der Waals surface area contributed by atoms with E-state index in [-0.39, 0.29) is 11.8 Å². The van der Waals surface area contributed by atoms with Crippen LogP contribution in [0.25, 0.3) is 0 Å². The standard InChI is InChI=1S/C24H21N3O3/c1-3-15-12-13-19-17(14-15)24(23(29)25-19)26-18-9-5-4-8-16(18)22(28)27(24)20-10-6-7-11-21(20)30-2/h4-14,26H,3H2,1-2H3,(H,25,29). The summed E-state index contributed by atoms with van der Waals surface area (Å²) >= 11 is 0. The number of hydrogen-bond donors (Lipinski definition) is 2. The molecule has 3 aromatic rings. The van der Waals surface area contributed by atoms with Crippen molar-refractivity contribution in [3.05, 3.63) is 83.4 Å². The van der Waals surface area contributed by atoms with Crippen molar-refractivity contribution in [3.63, 3.8) is 0 Å². The second-order valence-electron chi connectivity index (χ2n) is 7.38. The molecule has 1 unspecified atom stereocenters. The Kier molecular flexibility index (Phi) is 4.03. The molecule has 1 atom stereocenters. The van der Waals surface area contributed by atoms with Crippen molar-refractivity contribution in [2.45, 2.75) is 19.0 Å². The van der Waals surface area contributed by atoms with Crippen LogP contribution in [0.15, 0.2) is 66.7 Å². The Bertz CT molecular complexity index is 1190. The molecule has 0 saturated carbocycles. The molecule has 150 valence electrons. The lowest BCUT2D eigenvalue weighted by Gasteiger charge is -2.44. The molecule has 6 nitrogen and oxygen atoms in total. The summed E-state index contributed by atoms with van der Waals surface area (Å²) in [5, 5.41) is 6.36. The molecule has 1 spiro atoms. The first-order chi connectivity index (χ1) is 14.6. The molecule has 2 aliphatic rings. The van der Waals surface area contributed by atoms with Crippen molar-refractivity contribution >= 4 is 28.9 Å². The van der Waals surface area contributed by atoms with E-state index in [9.17, 15) is 9.59 Å². The van der Waals surface area contributed by atoms with Crippen LogP contribution in [0.1, 0.15) is 28.4 Å². The molecule has 0 aromatic heterocycles. The van der Waals surface area contributed by atoms with Gasteiger partial charge < -0.3 is 15.4 Å². The molecular weight excluding hydrogens is 378 g/mol. The summed E-state index contributed by atoms with van der Waals surface area (Å²) in [5.74, 6) is -0.0578. The number of carbonyl (C=O) groups excluding carboxylic acids is 2. The zero-order chi connectivity index (χ0) is 20.9. The first kappa shape index (κ1) is 18.2. The van der Waals surface area contributed by atoms with Crippen molar-refractivity contribution in [3.8, 4) is 5.75 Å². The Hall–Kier alpha value is -3.80. The summed E-state index contributed by atoms with van der Waals surface area (Å²) in [7, 11) is 1.55. The number of methoxy groups -OCH3 is 1. The minimum Gasteiger partial charge on any atom is -0.495 e. The number of amides is 2. The predicted octanol–water partition coefficient (Wildman–Crippen LogP) is 4.14. The number of ether oxygens (including phenoxy) is 1. The van der Waals surface area contributed by atoms with E-state index in [2.05, 4.69) is 17.6 Å². The molecular formula is C24H21N3O3. The molecule has 2 heterocycles. The number of benzene rings is 3. The van der Waals surface area contributed by atoms with Crippen LogP contribution >= 0.6 is 0 Å². The van der Waals surface area contributed by atoms with Gasteiger partial charge in [-0.15, -0.1) is 0 Å². The first-order valence-electron chi connectivity index (χ1n) is 9.89. The fourth-order valence-corrected chi connectivity index (χ4v) is 4.31. The lowest BCUT2D eigenvalue weighted by Crippen LogP contribution is -2.61. The maximum absolute atomic E-state index is 13.8. The van der Waals surface area contributed by atoms with Crippen molar-refractivity contribution < 1.29 is 14.3 Å². The first-order valence-corrected chi connectivity index (χ1v) is 9.89. The van der Waals surface area contributed by atoms with Crippen LogP contribution in [0.5, 0.6) is 5.75 Å². The highest BCUT2D eigenvalue weighted by Crippen LogP contribution is 2.49. The van der Waals surface area contributed by atoms with Gasteiger partial charge in [-0.05, 0) is 48.4 Å². The summed E-state index contributed by atoms with van der Waals surface area (Å²) < 4.78 is 5.55. The molecule has 2 aliphatic heterocycles. The minimum atomic E-state index is -1.42. The summed E-state index contributed by atoms with van der Waals surface area (Å²) in [6.45, 7) is 2.06. The van der Waals surface area contributed by atoms with Crippen LogP contribution in [0, 0.1) is 0 Å². The van der Waals surface area contributed by atoms with Gasteiger partial charge in [0.2, 0.25) is 5.66 Å². The van der Waals surface area contributed by atoms with Gasteiger partial charge in [0.15, 0.2) is 0 Å². The Morgan fingerprint density at radius 3 is 2.53 bits per heavy atom. The van der Waals surface area contributed by atoms with Crippen LogP contribution in [-0.4, -0.2) is 18.9 Å². The third-order valence-electron chi connectivity index (χ3n) is 5.80. The van der Waals surface area contributed by atoms with E-state index in [1.165, 1.54) is 4.90 Å². The molecule has 2 amide bonds. The Labute approximate surface area is 174 Å². The maximum atomic E-state index is 13.8. The lowest BCUT2D eigenvalue weighted by molar-refractivity contribution is -0.119. The normalized spacial score (nSPS) is 19.2. The largest absolute Gasteiger partial charge is 0.495 e. The van der Waals surface area contributed by atoms with E-state index in [0.29, 0.717) is 28.4 Å². The summed E-state index contributed by atoms with van der Waals surface area (Å²) in [6.07, 6.45) is 0.816. The summed E-state index contributed by atoms with van der Waals surface area (Å²) in [4.78, 5) is 28.9. The van der Waals surface area contributed by atoms with E-state index in [0.717, 1.165) is 17.5 Å². The number of para-hydroxylation sites is 3. The Balaban J connectivity index is 1.84. The van der Waals surface area contributed by atoms with Gasteiger partial charge in [0.25, 0.3) is 11.8 Å². The number of nitrogens with one attached hydrogen (secondary N) is 2. The van der Waals surface area contributed by atoms with Crippen LogP contribution < -0.4 is 20.3 Å². The minimum absolute atomic E-state index is 0.265. The summed E-state index contributed by atoms with van der Waals surface area (Å²) in [6, 6.07) is 20.4. The van der Waals surface area contributed by atoms with Crippen molar-refractivity contribution in [2.24, 2.45) is 0 Å². The van der Waals surface area contributed by atoms with Crippen molar-refractivity contribution in [1.82, 2.24) is 0 Å². The van der Waals surface area contributed by atoms with Gasteiger partial charge in [0.1, 0.15) is 5.75 Å². The van der Waals surface area contributed by atoms with Crippen LogP contribution in [0.2, 0.25) is 0 Å². The van der Waals surface area contributed by atoms with E-state index < -0.39 is 5.66 Å². The van der Waals surface area contributed by atoms with Crippen LogP contribution in [0.4, 0.5) is 17.1 Å². The highest BCUT2D eigenvalue weighted by Gasteiger charge is 2.57. The molecule has 0 saturated heterocycles. The molecule has 3 aromatic carbocycles. The second kappa shape index (κ2) is 6.62. The maximum Gasteiger partial charge on any atom is 0.276 e. The molecule has 0 radical (unpaired) electrons. The zero-order valence-electron chi connectivity index (χ0n) is 16.7. The number of aryl methyl sites for hydroxylation is 1. The third kappa shape index (κ3) is 2.37. The molecule has 30 heavy (non-hydrogen) atoms. The van der Waals surface area contributed by atoms with Crippen molar-refractivity contribution in [2.75, 3.05) is 22.6 Å². The number of carbonyl (C=O) groups is 2. The second-order valence-corrected chi connectivity index (χ2v) is 7.38. The average molecular weight is 399 g/mol. The number of nitrogens with zero attached hydrogens (tertiary/aromatic N) is 1.